The van der Waals surface area contributed by atoms with Gasteiger partial charge in [0.1, 0.15) is 22.9 Å². The smallest absolute Gasteiger partial charge is 0.193 e. The van der Waals surface area contributed by atoms with Gasteiger partial charge in [0, 0.05) is 0 Å². The number of nitrogen functional groups attached to an aromatic ring is 1. The fourth-order valence-electron chi connectivity index (χ4n) is 1.56. The average Bonchev–Trinajstić information content (AvgIpc) is 2.69. The molecule has 0 saturated heterocycles. The van der Waals surface area contributed by atoms with Crippen molar-refractivity contribution in [1.29, 1.82) is 0 Å². The molecule has 1 aromatic heterocycles. The summed E-state index contributed by atoms with van der Waals surface area (Å²) < 4.78 is 15.6. The third-order valence-corrected chi connectivity index (χ3v) is 2.56. The van der Waals surface area contributed by atoms with Crippen molar-refractivity contribution in [3.63, 3.8) is 0 Å². The lowest BCUT2D eigenvalue weighted by molar-refractivity contribution is 0.397. The van der Waals surface area contributed by atoms with Crippen LogP contribution in [0.2, 0.25) is 0 Å². The molecule has 0 aliphatic heterocycles. The van der Waals surface area contributed by atoms with Crippen LogP contribution in [0.5, 0.6) is 11.5 Å². The molecule has 0 saturated carbocycles. The van der Waals surface area contributed by atoms with Crippen LogP contribution >= 0.6 is 0 Å². The first kappa shape index (κ1) is 11.3. The number of hydrogen-bond donors (Lipinski definition) is 1. The summed E-state index contributed by atoms with van der Waals surface area (Å²) in [4.78, 5) is 0. The van der Waals surface area contributed by atoms with E-state index in [0.29, 0.717) is 28.6 Å². The van der Waals surface area contributed by atoms with Crippen LogP contribution in [0, 0.1) is 6.92 Å². The highest BCUT2D eigenvalue weighted by Crippen LogP contribution is 2.37. The fourth-order valence-corrected chi connectivity index (χ4v) is 1.56. The average molecular weight is 234 g/mol. The molecule has 2 N–H and O–H groups in total. The number of nitrogens with zero attached hydrogens (tertiary/aromatic N) is 1. The molecular formula is C12H14N2O3. The zero-order chi connectivity index (χ0) is 12.4. The number of aryl methyl sites for hydroxylation is 1. The van der Waals surface area contributed by atoms with E-state index in [-0.39, 0.29) is 0 Å². The Hall–Kier alpha value is -2.17. The van der Waals surface area contributed by atoms with Gasteiger partial charge in [-0.25, -0.2) is 0 Å². The van der Waals surface area contributed by atoms with E-state index < -0.39 is 0 Å². The number of anilines is 1. The molecule has 0 bridgehead atoms. The lowest BCUT2D eigenvalue weighted by Crippen LogP contribution is -1.92. The van der Waals surface area contributed by atoms with Gasteiger partial charge in [-0.15, -0.1) is 0 Å². The van der Waals surface area contributed by atoms with Gasteiger partial charge in [0.25, 0.3) is 0 Å². The van der Waals surface area contributed by atoms with E-state index in [1.54, 1.807) is 33.3 Å². The normalized spacial score (nSPS) is 10.3. The minimum absolute atomic E-state index is 0.498. The molecule has 0 spiro atoms. The number of methoxy groups -OCH3 is 2. The van der Waals surface area contributed by atoms with Crippen LogP contribution in [0.4, 0.5) is 5.69 Å². The summed E-state index contributed by atoms with van der Waals surface area (Å²) in [5, 5.41) is 3.83. The second kappa shape index (κ2) is 4.37. The van der Waals surface area contributed by atoms with Crippen LogP contribution in [-0.4, -0.2) is 19.4 Å². The van der Waals surface area contributed by atoms with Gasteiger partial charge < -0.3 is 19.7 Å². The lowest BCUT2D eigenvalue weighted by Gasteiger charge is -2.08. The van der Waals surface area contributed by atoms with Gasteiger partial charge in [-0.1, -0.05) is 5.16 Å². The molecule has 0 radical (unpaired) electrons. The van der Waals surface area contributed by atoms with Gasteiger partial charge in [0.2, 0.25) is 0 Å². The Morgan fingerprint density at radius 2 is 2.00 bits per heavy atom. The van der Waals surface area contributed by atoms with Crippen molar-refractivity contribution in [1.82, 2.24) is 5.16 Å². The van der Waals surface area contributed by atoms with E-state index >= 15 is 0 Å². The van der Waals surface area contributed by atoms with Crippen LogP contribution in [0.1, 0.15) is 5.69 Å². The molecule has 1 heterocycles. The van der Waals surface area contributed by atoms with Gasteiger partial charge in [-0.3, -0.25) is 0 Å². The summed E-state index contributed by atoms with van der Waals surface area (Å²) in [6, 6.07) is 5.41. The number of ether oxygens (including phenoxy) is 2. The van der Waals surface area contributed by atoms with E-state index in [1.807, 2.05) is 6.07 Å². The van der Waals surface area contributed by atoms with Gasteiger partial charge >= 0.3 is 0 Å². The van der Waals surface area contributed by atoms with Crippen LogP contribution in [0.3, 0.4) is 0 Å². The number of benzene rings is 1. The van der Waals surface area contributed by atoms with Crippen molar-refractivity contribution in [2.75, 3.05) is 20.0 Å². The minimum Gasteiger partial charge on any atom is -0.497 e. The first-order chi connectivity index (χ1) is 8.17. The monoisotopic (exact) mass is 234 g/mol. The maximum atomic E-state index is 5.90. The van der Waals surface area contributed by atoms with Crippen molar-refractivity contribution in [3.05, 3.63) is 23.9 Å². The zero-order valence-corrected chi connectivity index (χ0v) is 9.98. The van der Waals surface area contributed by atoms with Crippen molar-refractivity contribution in [2.45, 2.75) is 6.92 Å². The largest absolute Gasteiger partial charge is 0.497 e. The van der Waals surface area contributed by atoms with Gasteiger partial charge in [-0.05, 0) is 25.1 Å². The van der Waals surface area contributed by atoms with Gasteiger partial charge in [0.05, 0.1) is 19.8 Å². The zero-order valence-electron chi connectivity index (χ0n) is 9.98. The molecule has 5 nitrogen and oxygen atoms in total. The molecule has 2 rings (SSSR count). The van der Waals surface area contributed by atoms with E-state index in [9.17, 15) is 0 Å². The van der Waals surface area contributed by atoms with Crippen molar-refractivity contribution >= 4 is 5.69 Å². The molecule has 2 aromatic rings. The number of nitrogens with two attached hydrogens (primary N) is 1. The summed E-state index contributed by atoms with van der Waals surface area (Å²) in [6.07, 6.45) is 0. The summed E-state index contributed by atoms with van der Waals surface area (Å²) in [5.41, 5.74) is 7.79. The summed E-state index contributed by atoms with van der Waals surface area (Å²) in [6.45, 7) is 1.79. The Kier molecular flexibility index (Phi) is 2.91. The highest BCUT2D eigenvalue weighted by Gasteiger charge is 2.17. The minimum atomic E-state index is 0.498. The molecular weight excluding hydrogens is 220 g/mol. The molecule has 0 aliphatic carbocycles. The Bertz CT molecular complexity index is 535. The maximum absolute atomic E-state index is 5.90. The first-order valence-corrected chi connectivity index (χ1v) is 5.11. The SMILES string of the molecule is COc1ccc(OC)c(-c2onc(C)c2N)c1. The van der Waals surface area contributed by atoms with Crippen LogP contribution in [-0.2, 0) is 0 Å². The first-order valence-electron chi connectivity index (χ1n) is 5.11. The molecule has 17 heavy (non-hydrogen) atoms. The molecule has 0 unspecified atom stereocenters. The third kappa shape index (κ3) is 1.91. The third-order valence-electron chi connectivity index (χ3n) is 2.56. The standard InChI is InChI=1S/C12H14N2O3/c1-7-11(13)12(17-14-7)9-6-8(15-2)4-5-10(9)16-3/h4-6H,13H2,1-3H3. The summed E-state index contributed by atoms with van der Waals surface area (Å²) >= 11 is 0. The van der Waals surface area contributed by atoms with Crippen molar-refractivity contribution in [3.8, 4) is 22.8 Å². The van der Waals surface area contributed by atoms with Crippen LogP contribution in [0.15, 0.2) is 22.7 Å². The Morgan fingerprint density at radius 3 is 2.53 bits per heavy atom. The summed E-state index contributed by atoms with van der Waals surface area (Å²) in [7, 11) is 3.19. The number of hydrogen-bond acceptors (Lipinski definition) is 5. The van der Waals surface area contributed by atoms with Gasteiger partial charge in [-0.2, -0.15) is 0 Å². The van der Waals surface area contributed by atoms with E-state index in [0.717, 1.165) is 5.56 Å². The molecule has 0 amide bonds. The molecule has 1 aromatic carbocycles. The molecule has 0 aliphatic rings. The van der Waals surface area contributed by atoms with Gasteiger partial charge in [0.15, 0.2) is 5.76 Å². The predicted octanol–water partition coefficient (Wildman–Crippen LogP) is 2.25. The highest BCUT2D eigenvalue weighted by atomic mass is 16.5. The van der Waals surface area contributed by atoms with Crippen molar-refractivity contribution < 1.29 is 14.0 Å². The number of aromatic nitrogens is 1. The lowest BCUT2D eigenvalue weighted by atomic mass is 10.1. The molecule has 0 fully saturated rings. The van der Waals surface area contributed by atoms with Crippen molar-refractivity contribution in [2.24, 2.45) is 0 Å². The number of rotatable bonds is 3. The Morgan fingerprint density at radius 1 is 1.24 bits per heavy atom. The van der Waals surface area contributed by atoms with E-state index in [1.165, 1.54) is 0 Å². The van der Waals surface area contributed by atoms with Crippen LogP contribution in [0.25, 0.3) is 11.3 Å². The summed E-state index contributed by atoms with van der Waals surface area (Å²) in [5.74, 6) is 1.86. The predicted molar refractivity (Wildman–Crippen MR) is 64.2 cm³/mol. The molecule has 5 heteroatoms. The van der Waals surface area contributed by atoms with Crippen LogP contribution < -0.4 is 15.2 Å². The second-order valence-corrected chi connectivity index (χ2v) is 3.58. The van der Waals surface area contributed by atoms with E-state index in [4.69, 9.17) is 19.7 Å². The molecule has 90 valence electrons. The van der Waals surface area contributed by atoms with E-state index in [2.05, 4.69) is 5.16 Å². The quantitative estimate of drug-likeness (QED) is 0.881. The second-order valence-electron chi connectivity index (χ2n) is 3.58. The highest BCUT2D eigenvalue weighted by molar-refractivity contribution is 5.77. The maximum Gasteiger partial charge on any atom is 0.193 e. The Balaban J connectivity index is 2.60. The topological polar surface area (TPSA) is 70.5 Å². The fraction of sp³-hybridized carbons (Fsp3) is 0.250. The molecule has 0 atom stereocenters. The Labute approximate surface area is 99.1 Å².